The quantitative estimate of drug-likeness (QED) is 0.675. The number of carbonyl (C=O) groups excluding carboxylic acids is 1. The van der Waals surface area contributed by atoms with Crippen molar-refractivity contribution in [2.24, 2.45) is 0 Å². The van der Waals surface area contributed by atoms with E-state index in [0.29, 0.717) is 49.2 Å². The summed E-state index contributed by atoms with van der Waals surface area (Å²) in [5.41, 5.74) is 1.42. The Kier molecular flexibility index (Phi) is 7.92. The summed E-state index contributed by atoms with van der Waals surface area (Å²) >= 11 is 0. The van der Waals surface area contributed by atoms with Crippen molar-refractivity contribution in [2.45, 2.75) is 27.3 Å². The van der Waals surface area contributed by atoms with Crippen molar-refractivity contribution in [3.8, 4) is 17.2 Å². The van der Waals surface area contributed by atoms with Gasteiger partial charge in [-0.2, -0.15) is 0 Å². The number of aromatic nitrogens is 1. The first kappa shape index (κ1) is 21.3. The average molecular weight is 387 g/mol. The standard InChI is InChI=1S/C21H29N3O4/c1-6-26-17-12-16(13-18(27-7-2)20(17)28-8-3)21(25)23-14-15-9-10-22-19(11-15)24(4)5/h9-13H,6-8,14H2,1-5H3,(H,23,25). The molecule has 1 aromatic heterocycles. The summed E-state index contributed by atoms with van der Waals surface area (Å²) < 4.78 is 17.0. The van der Waals surface area contributed by atoms with Crippen molar-refractivity contribution >= 4 is 11.7 Å². The van der Waals surface area contributed by atoms with E-state index >= 15 is 0 Å². The van der Waals surface area contributed by atoms with Crippen molar-refractivity contribution in [2.75, 3.05) is 38.8 Å². The van der Waals surface area contributed by atoms with Crippen LogP contribution in [0.15, 0.2) is 30.5 Å². The molecule has 0 saturated heterocycles. The first-order valence-electron chi connectivity index (χ1n) is 9.46. The highest BCUT2D eigenvalue weighted by molar-refractivity contribution is 5.95. The molecule has 152 valence electrons. The van der Waals surface area contributed by atoms with Crippen LogP contribution in [-0.4, -0.2) is 44.8 Å². The molecule has 0 atom stereocenters. The van der Waals surface area contributed by atoms with E-state index in [-0.39, 0.29) is 5.91 Å². The van der Waals surface area contributed by atoms with Crippen molar-refractivity contribution in [1.29, 1.82) is 0 Å². The van der Waals surface area contributed by atoms with Crippen LogP contribution in [0.4, 0.5) is 5.82 Å². The van der Waals surface area contributed by atoms with E-state index in [1.165, 1.54) is 0 Å². The maximum Gasteiger partial charge on any atom is 0.251 e. The summed E-state index contributed by atoms with van der Waals surface area (Å²) in [5.74, 6) is 2.14. The van der Waals surface area contributed by atoms with Crippen LogP contribution < -0.4 is 24.4 Å². The summed E-state index contributed by atoms with van der Waals surface area (Å²) in [6, 6.07) is 7.19. The Bertz CT molecular complexity index is 766. The molecule has 0 spiro atoms. The van der Waals surface area contributed by atoms with E-state index in [9.17, 15) is 4.79 Å². The molecule has 2 aromatic rings. The van der Waals surface area contributed by atoms with E-state index in [1.807, 2.05) is 51.9 Å². The van der Waals surface area contributed by atoms with Gasteiger partial charge >= 0.3 is 0 Å². The third kappa shape index (κ3) is 5.52. The Hall–Kier alpha value is -2.96. The zero-order valence-corrected chi connectivity index (χ0v) is 17.2. The normalized spacial score (nSPS) is 10.3. The molecule has 1 aromatic carbocycles. The van der Waals surface area contributed by atoms with Crippen LogP contribution in [0, 0.1) is 0 Å². The molecule has 1 amide bonds. The molecule has 1 N–H and O–H groups in total. The minimum Gasteiger partial charge on any atom is -0.490 e. The van der Waals surface area contributed by atoms with Crippen LogP contribution >= 0.6 is 0 Å². The highest BCUT2D eigenvalue weighted by atomic mass is 16.5. The zero-order chi connectivity index (χ0) is 20.5. The Labute approximate surface area is 166 Å². The molecular formula is C21H29N3O4. The number of nitrogens with one attached hydrogen (secondary N) is 1. The molecule has 0 aliphatic carbocycles. The van der Waals surface area contributed by atoms with Crippen molar-refractivity contribution in [1.82, 2.24) is 10.3 Å². The number of pyridine rings is 1. The summed E-state index contributed by atoms with van der Waals surface area (Å²) in [5, 5.41) is 2.93. The second-order valence-corrected chi connectivity index (χ2v) is 6.20. The second-order valence-electron chi connectivity index (χ2n) is 6.20. The van der Waals surface area contributed by atoms with E-state index in [0.717, 1.165) is 11.4 Å². The number of amides is 1. The highest BCUT2D eigenvalue weighted by Gasteiger charge is 2.18. The van der Waals surface area contributed by atoms with Gasteiger partial charge in [-0.05, 0) is 50.6 Å². The van der Waals surface area contributed by atoms with Gasteiger partial charge < -0.3 is 24.4 Å². The topological polar surface area (TPSA) is 72.9 Å². The fraction of sp³-hybridized carbons (Fsp3) is 0.429. The van der Waals surface area contributed by atoms with E-state index < -0.39 is 0 Å². The van der Waals surface area contributed by atoms with Gasteiger partial charge in [0.05, 0.1) is 19.8 Å². The van der Waals surface area contributed by atoms with Crippen molar-refractivity contribution in [3.63, 3.8) is 0 Å². The molecule has 0 radical (unpaired) electrons. The third-order valence-corrected chi connectivity index (χ3v) is 3.89. The highest BCUT2D eigenvalue weighted by Crippen LogP contribution is 2.39. The van der Waals surface area contributed by atoms with Crippen LogP contribution in [0.2, 0.25) is 0 Å². The van der Waals surface area contributed by atoms with Gasteiger partial charge in [-0.3, -0.25) is 4.79 Å². The van der Waals surface area contributed by atoms with Crippen molar-refractivity contribution in [3.05, 3.63) is 41.6 Å². The predicted molar refractivity (Wildman–Crippen MR) is 110 cm³/mol. The number of hydrogen-bond acceptors (Lipinski definition) is 6. The number of ether oxygens (including phenoxy) is 3. The van der Waals surface area contributed by atoms with Gasteiger partial charge in [0, 0.05) is 32.4 Å². The van der Waals surface area contributed by atoms with Gasteiger partial charge in [0.1, 0.15) is 5.82 Å². The molecular weight excluding hydrogens is 358 g/mol. The Morgan fingerprint density at radius 1 is 1.00 bits per heavy atom. The summed E-state index contributed by atoms with van der Waals surface area (Å²) in [6.07, 6.45) is 1.73. The summed E-state index contributed by atoms with van der Waals surface area (Å²) in [7, 11) is 3.85. The molecule has 0 unspecified atom stereocenters. The molecule has 7 nitrogen and oxygen atoms in total. The molecule has 0 fully saturated rings. The Morgan fingerprint density at radius 2 is 1.61 bits per heavy atom. The van der Waals surface area contributed by atoms with Gasteiger partial charge in [0.2, 0.25) is 5.75 Å². The maximum absolute atomic E-state index is 12.7. The number of carbonyl (C=O) groups is 1. The van der Waals surface area contributed by atoms with Gasteiger partial charge in [-0.25, -0.2) is 4.98 Å². The lowest BCUT2D eigenvalue weighted by molar-refractivity contribution is 0.0949. The van der Waals surface area contributed by atoms with E-state index in [2.05, 4.69) is 10.3 Å². The zero-order valence-electron chi connectivity index (χ0n) is 17.2. The fourth-order valence-electron chi connectivity index (χ4n) is 2.62. The summed E-state index contributed by atoms with van der Waals surface area (Å²) in [6.45, 7) is 7.44. The van der Waals surface area contributed by atoms with Crippen LogP contribution in [0.3, 0.4) is 0 Å². The first-order valence-corrected chi connectivity index (χ1v) is 9.46. The molecule has 7 heteroatoms. The number of benzene rings is 1. The number of anilines is 1. The number of rotatable bonds is 10. The van der Waals surface area contributed by atoms with Crippen LogP contribution in [-0.2, 0) is 6.54 Å². The minimum atomic E-state index is -0.215. The Balaban J connectivity index is 2.22. The lowest BCUT2D eigenvalue weighted by Crippen LogP contribution is -2.23. The molecule has 1 heterocycles. The number of hydrogen-bond donors (Lipinski definition) is 1. The SMILES string of the molecule is CCOc1cc(C(=O)NCc2ccnc(N(C)C)c2)cc(OCC)c1OCC. The maximum atomic E-state index is 12.7. The van der Waals surface area contributed by atoms with Gasteiger partial charge in [0.15, 0.2) is 11.5 Å². The first-order chi connectivity index (χ1) is 13.5. The lowest BCUT2D eigenvalue weighted by Gasteiger charge is -2.17. The van der Waals surface area contributed by atoms with Crippen molar-refractivity contribution < 1.29 is 19.0 Å². The molecule has 28 heavy (non-hydrogen) atoms. The molecule has 2 rings (SSSR count). The van der Waals surface area contributed by atoms with Crippen LogP contribution in [0.5, 0.6) is 17.2 Å². The monoisotopic (exact) mass is 387 g/mol. The van der Waals surface area contributed by atoms with E-state index in [1.54, 1.807) is 18.3 Å². The predicted octanol–water partition coefficient (Wildman–Crippen LogP) is 3.27. The average Bonchev–Trinajstić information content (AvgIpc) is 2.69. The molecule has 0 aliphatic heterocycles. The molecule has 0 bridgehead atoms. The fourth-order valence-corrected chi connectivity index (χ4v) is 2.62. The second kappa shape index (κ2) is 10.4. The molecule has 0 saturated carbocycles. The number of nitrogens with zero attached hydrogens (tertiary/aromatic N) is 2. The van der Waals surface area contributed by atoms with Crippen LogP contribution in [0.25, 0.3) is 0 Å². The smallest absolute Gasteiger partial charge is 0.251 e. The lowest BCUT2D eigenvalue weighted by atomic mass is 10.1. The third-order valence-electron chi connectivity index (χ3n) is 3.89. The largest absolute Gasteiger partial charge is 0.490 e. The van der Waals surface area contributed by atoms with Gasteiger partial charge in [-0.15, -0.1) is 0 Å². The molecule has 0 aliphatic rings. The summed E-state index contributed by atoms with van der Waals surface area (Å²) in [4.78, 5) is 18.9. The Morgan fingerprint density at radius 3 is 2.14 bits per heavy atom. The van der Waals surface area contributed by atoms with Gasteiger partial charge in [-0.1, -0.05) is 0 Å². The van der Waals surface area contributed by atoms with E-state index in [4.69, 9.17) is 14.2 Å². The van der Waals surface area contributed by atoms with Crippen LogP contribution in [0.1, 0.15) is 36.7 Å². The minimum absolute atomic E-state index is 0.215. The van der Waals surface area contributed by atoms with Gasteiger partial charge in [0.25, 0.3) is 5.91 Å².